The van der Waals surface area contributed by atoms with Gasteiger partial charge in [0, 0.05) is 22.6 Å². The summed E-state index contributed by atoms with van der Waals surface area (Å²) in [6.45, 7) is 0. The van der Waals surface area contributed by atoms with Gasteiger partial charge in [-0.25, -0.2) is 13.6 Å². The van der Waals surface area contributed by atoms with Crippen LogP contribution in [-0.2, 0) is 21.2 Å². The van der Waals surface area contributed by atoms with Gasteiger partial charge in [-0.2, -0.15) is 0 Å². The second kappa shape index (κ2) is 8.79. The fourth-order valence-corrected chi connectivity index (χ4v) is 3.40. The van der Waals surface area contributed by atoms with Crippen molar-refractivity contribution >= 4 is 44.8 Å². The van der Waals surface area contributed by atoms with Gasteiger partial charge in [-0.3, -0.25) is 9.78 Å². The molecule has 3 rings (SSSR count). The molecule has 10 heteroatoms. The number of carbonyl (C=O) groups is 1. The van der Waals surface area contributed by atoms with Crippen LogP contribution in [0.25, 0.3) is 0 Å². The fourth-order valence-electron chi connectivity index (χ4n) is 2.43. The number of anilines is 1. The van der Waals surface area contributed by atoms with Gasteiger partial charge < -0.3 is 10.1 Å². The second-order valence-electron chi connectivity index (χ2n) is 5.96. The molecule has 2 aromatic carbocycles. The molecule has 0 atom stereocenters. The van der Waals surface area contributed by atoms with Gasteiger partial charge in [0.05, 0.1) is 11.4 Å². The van der Waals surface area contributed by atoms with E-state index in [1.165, 1.54) is 30.5 Å². The highest BCUT2D eigenvalue weighted by Crippen LogP contribution is 2.31. The number of benzene rings is 2. The highest BCUT2D eigenvalue weighted by Gasteiger charge is 2.18. The number of hydrogen-bond acceptors (Lipinski definition) is 5. The Morgan fingerprint density at radius 1 is 1.07 bits per heavy atom. The third-order valence-electron chi connectivity index (χ3n) is 3.69. The smallest absolute Gasteiger partial charge is 0.241 e. The molecule has 0 radical (unpaired) electrons. The molecule has 0 aliphatic carbocycles. The Balaban J connectivity index is 1.81. The number of rotatable bonds is 6. The lowest BCUT2D eigenvalue weighted by molar-refractivity contribution is -0.115. The molecule has 0 fully saturated rings. The van der Waals surface area contributed by atoms with E-state index in [1.54, 1.807) is 30.3 Å². The van der Waals surface area contributed by atoms with Gasteiger partial charge in [-0.1, -0.05) is 29.3 Å². The fraction of sp³-hybridized carbons (Fsp3) is 0.0526. The minimum atomic E-state index is -4.12. The molecule has 1 amide bonds. The van der Waals surface area contributed by atoms with E-state index >= 15 is 0 Å². The topological polar surface area (TPSA) is 111 Å². The molecule has 3 N–H and O–H groups in total. The van der Waals surface area contributed by atoms with Crippen molar-refractivity contribution in [3.63, 3.8) is 0 Å². The molecule has 1 heterocycles. The van der Waals surface area contributed by atoms with Crippen LogP contribution in [0.4, 0.5) is 5.69 Å². The third kappa shape index (κ3) is 5.91. The van der Waals surface area contributed by atoms with Crippen LogP contribution in [-0.4, -0.2) is 19.3 Å². The summed E-state index contributed by atoms with van der Waals surface area (Å²) in [5.74, 6) is -0.0381. The van der Waals surface area contributed by atoms with Crippen LogP contribution in [0.1, 0.15) is 5.69 Å². The zero-order chi connectivity index (χ0) is 21.0. The highest BCUT2D eigenvalue weighted by molar-refractivity contribution is 7.89. The van der Waals surface area contributed by atoms with E-state index in [0.717, 1.165) is 0 Å². The van der Waals surface area contributed by atoms with E-state index in [4.69, 9.17) is 33.1 Å². The van der Waals surface area contributed by atoms with Crippen molar-refractivity contribution in [3.8, 4) is 11.5 Å². The first-order valence-electron chi connectivity index (χ1n) is 8.21. The van der Waals surface area contributed by atoms with Gasteiger partial charge in [0.1, 0.15) is 16.4 Å². The van der Waals surface area contributed by atoms with E-state index in [0.29, 0.717) is 21.5 Å². The molecule has 29 heavy (non-hydrogen) atoms. The Hall–Kier alpha value is -2.65. The highest BCUT2D eigenvalue weighted by atomic mass is 35.5. The molecule has 1 aromatic heterocycles. The molecular weight excluding hydrogens is 437 g/mol. The summed E-state index contributed by atoms with van der Waals surface area (Å²) in [6.07, 6.45) is 1.42. The van der Waals surface area contributed by atoms with Gasteiger partial charge in [0.25, 0.3) is 0 Å². The zero-order valence-corrected chi connectivity index (χ0v) is 17.1. The first-order chi connectivity index (χ1) is 13.7. The van der Waals surface area contributed by atoms with Crippen molar-refractivity contribution in [2.75, 3.05) is 5.32 Å². The SMILES string of the molecule is NS(=O)(=O)c1cc(NC(=O)Cc2ccc(Cl)cn2)ccc1Oc1cccc(Cl)c1. The summed E-state index contributed by atoms with van der Waals surface area (Å²) in [5.41, 5.74) is 0.755. The Bertz CT molecular complexity index is 1150. The number of halogens is 2. The van der Waals surface area contributed by atoms with Crippen molar-refractivity contribution in [1.29, 1.82) is 0 Å². The maximum absolute atomic E-state index is 12.2. The van der Waals surface area contributed by atoms with Crippen LogP contribution in [0.2, 0.25) is 10.0 Å². The maximum atomic E-state index is 12.2. The summed E-state index contributed by atoms with van der Waals surface area (Å²) < 4.78 is 29.6. The van der Waals surface area contributed by atoms with Gasteiger partial charge >= 0.3 is 0 Å². The van der Waals surface area contributed by atoms with E-state index in [9.17, 15) is 13.2 Å². The summed E-state index contributed by atoms with van der Waals surface area (Å²) in [4.78, 5) is 16.0. The summed E-state index contributed by atoms with van der Waals surface area (Å²) in [7, 11) is -4.12. The van der Waals surface area contributed by atoms with Gasteiger partial charge in [-0.15, -0.1) is 0 Å². The predicted octanol–water partition coefficient (Wildman–Crippen LogP) is 4.01. The normalized spacial score (nSPS) is 11.1. The second-order valence-corrected chi connectivity index (χ2v) is 8.36. The average Bonchev–Trinajstić information content (AvgIpc) is 2.64. The number of hydrogen-bond donors (Lipinski definition) is 2. The number of nitrogens with zero attached hydrogens (tertiary/aromatic N) is 1. The van der Waals surface area contributed by atoms with Crippen molar-refractivity contribution in [2.24, 2.45) is 5.14 Å². The zero-order valence-electron chi connectivity index (χ0n) is 14.8. The molecule has 0 aliphatic rings. The monoisotopic (exact) mass is 451 g/mol. The molecular formula is C19H15Cl2N3O4S. The number of primary sulfonamides is 1. The number of nitrogens with two attached hydrogens (primary N) is 1. The summed E-state index contributed by atoms with van der Waals surface area (Å²) in [5, 5.41) is 8.81. The van der Waals surface area contributed by atoms with E-state index in [-0.39, 0.29) is 28.7 Å². The van der Waals surface area contributed by atoms with Gasteiger partial charge in [0.15, 0.2) is 0 Å². The minimum Gasteiger partial charge on any atom is -0.456 e. The van der Waals surface area contributed by atoms with Crippen LogP contribution in [0.15, 0.2) is 65.7 Å². The molecule has 0 saturated heterocycles. The number of carbonyl (C=O) groups excluding carboxylic acids is 1. The number of aromatic nitrogens is 1. The van der Waals surface area contributed by atoms with Gasteiger partial charge in [-0.05, 0) is 48.5 Å². The quantitative estimate of drug-likeness (QED) is 0.587. The largest absolute Gasteiger partial charge is 0.456 e. The first kappa shape index (κ1) is 21.1. The van der Waals surface area contributed by atoms with Crippen molar-refractivity contribution in [1.82, 2.24) is 4.98 Å². The number of sulfonamides is 1. The molecule has 0 spiro atoms. The molecule has 0 aliphatic heterocycles. The molecule has 7 nitrogen and oxygen atoms in total. The Morgan fingerprint density at radius 2 is 1.86 bits per heavy atom. The van der Waals surface area contributed by atoms with E-state index in [1.807, 2.05) is 0 Å². The lowest BCUT2D eigenvalue weighted by Crippen LogP contribution is -2.17. The van der Waals surface area contributed by atoms with Crippen LogP contribution in [0.5, 0.6) is 11.5 Å². The maximum Gasteiger partial charge on any atom is 0.241 e. The molecule has 0 saturated carbocycles. The lowest BCUT2D eigenvalue weighted by atomic mass is 10.2. The van der Waals surface area contributed by atoms with Gasteiger partial charge in [0.2, 0.25) is 15.9 Å². The molecule has 0 bridgehead atoms. The predicted molar refractivity (Wildman–Crippen MR) is 111 cm³/mol. The first-order valence-corrected chi connectivity index (χ1v) is 10.5. The van der Waals surface area contributed by atoms with E-state index in [2.05, 4.69) is 10.3 Å². The summed E-state index contributed by atoms with van der Waals surface area (Å²) in [6, 6.07) is 13.8. The standard InChI is InChI=1S/C19H15Cl2N3O4S/c20-12-2-1-3-16(8-12)28-17-7-6-15(9-18(17)29(22,26)27)24-19(25)10-14-5-4-13(21)11-23-14/h1-9,11H,10H2,(H,24,25)(H2,22,26,27). The Labute approximate surface area is 177 Å². The average molecular weight is 452 g/mol. The van der Waals surface area contributed by atoms with Crippen LogP contribution in [0.3, 0.4) is 0 Å². The summed E-state index contributed by atoms with van der Waals surface area (Å²) >= 11 is 11.7. The Kier molecular flexibility index (Phi) is 6.39. The van der Waals surface area contributed by atoms with Crippen LogP contribution < -0.4 is 15.2 Å². The Morgan fingerprint density at radius 3 is 2.52 bits per heavy atom. The molecule has 3 aromatic rings. The van der Waals surface area contributed by atoms with Crippen LogP contribution >= 0.6 is 23.2 Å². The lowest BCUT2D eigenvalue weighted by Gasteiger charge is -2.12. The van der Waals surface area contributed by atoms with Crippen LogP contribution in [0, 0.1) is 0 Å². The number of pyridine rings is 1. The van der Waals surface area contributed by atoms with E-state index < -0.39 is 10.0 Å². The van der Waals surface area contributed by atoms with Crippen molar-refractivity contribution in [3.05, 3.63) is 76.5 Å². The van der Waals surface area contributed by atoms with Crippen molar-refractivity contribution in [2.45, 2.75) is 11.3 Å². The molecule has 0 unspecified atom stereocenters. The molecule has 150 valence electrons. The number of amides is 1. The number of ether oxygens (including phenoxy) is 1. The third-order valence-corrected chi connectivity index (χ3v) is 5.08. The van der Waals surface area contributed by atoms with Crippen molar-refractivity contribution < 1.29 is 17.9 Å². The minimum absolute atomic E-state index is 0.00661. The number of nitrogens with one attached hydrogen (secondary N) is 1.